The summed E-state index contributed by atoms with van der Waals surface area (Å²) < 4.78 is 40.8. The van der Waals surface area contributed by atoms with Crippen LogP contribution in [-0.2, 0) is 6.18 Å². The number of H-pyrrole nitrogens is 1. The summed E-state index contributed by atoms with van der Waals surface area (Å²) in [7, 11) is 0. The molecule has 124 valence electrons. The molecule has 3 rings (SSSR count). The highest BCUT2D eigenvalue weighted by molar-refractivity contribution is 7.71. The Kier molecular flexibility index (Phi) is 4.42. The quantitative estimate of drug-likeness (QED) is 0.551. The standard InChI is InChI=1S/C15H8Cl2F3N3S/c16-9-3-1-2-8(6-9)13-21-22-14(24)23(13)10-4-5-12(17)11(7-10)15(18,19)20/h1-7H,(H,22,24). The molecule has 1 aromatic heterocycles. The molecule has 3 aromatic rings. The fourth-order valence-corrected chi connectivity index (χ4v) is 2.88. The summed E-state index contributed by atoms with van der Waals surface area (Å²) >= 11 is 16.8. The van der Waals surface area contributed by atoms with Crippen molar-refractivity contribution in [3.63, 3.8) is 0 Å². The van der Waals surface area contributed by atoms with Crippen molar-refractivity contribution in [3.05, 3.63) is 62.8 Å². The lowest BCUT2D eigenvalue weighted by atomic mass is 10.1. The van der Waals surface area contributed by atoms with Crippen LogP contribution in [0.5, 0.6) is 0 Å². The maximum Gasteiger partial charge on any atom is 0.417 e. The number of aromatic amines is 1. The minimum absolute atomic E-state index is 0.153. The van der Waals surface area contributed by atoms with Gasteiger partial charge in [0.05, 0.1) is 16.3 Å². The van der Waals surface area contributed by atoms with Crippen molar-refractivity contribution >= 4 is 35.4 Å². The minimum Gasteiger partial charge on any atom is -0.268 e. The smallest absolute Gasteiger partial charge is 0.268 e. The number of alkyl halides is 3. The Morgan fingerprint density at radius 1 is 1.08 bits per heavy atom. The van der Waals surface area contributed by atoms with Gasteiger partial charge in [-0.2, -0.15) is 18.3 Å². The second kappa shape index (κ2) is 6.23. The summed E-state index contributed by atoms with van der Waals surface area (Å²) in [6, 6.07) is 10.3. The molecule has 2 aromatic carbocycles. The van der Waals surface area contributed by atoms with Gasteiger partial charge in [0.1, 0.15) is 0 Å². The van der Waals surface area contributed by atoms with Gasteiger partial charge in [-0.1, -0.05) is 35.3 Å². The third-order valence-electron chi connectivity index (χ3n) is 3.27. The van der Waals surface area contributed by atoms with Crippen LogP contribution in [0, 0.1) is 4.77 Å². The van der Waals surface area contributed by atoms with Crippen LogP contribution in [0.2, 0.25) is 10.0 Å². The molecule has 0 spiro atoms. The molecular formula is C15H8Cl2F3N3S. The zero-order valence-corrected chi connectivity index (χ0v) is 14.1. The average molecular weight is 390 g/mol. The molecule has 0 aliphatic heterocycles. The number of benzene rings is 2. The van der Waals surface area contributed by atoms with E-state index in [1.165, 1.54) is 16.7 Å². The van der Waals surface area contributed by atoms with Gasteiger partial charge in [-0.15, -0.1) is 0 Å². The van der Waals surface area contributed by atoms with E-state index in [9.17, 15) is 13.2 Å². The maximum atomic E-state index is 13.1. The summed E-state index contributed by atoms with van der Waals surface area (Å²) in [5.41, 5.74) is -0.138. The fourth-order valence-electron chi connectivity index (χ4n) is 2.23. The van der Waals surface area contributed by atoms with Gasteiger partial charge in [0.25, 0.3) is 0 Å². The highest BCUT2D eigenvalue weighted by Crippen LogP contribution is 2.36. The summed E-state index contributed by atoms with van der Waals surface area (Å²) in [6.07, 6.45) is -4.57. The Balaban J connectivity index is 2.22. The van der Waals surface area contributed by atoms with Gasteiger partial charge in [-0.25, -0.2) is 0 Å². The number of nitrogens with one attached hydrogen (secondary N) is 1. The molecule has 3 nitrogen and oxygen atoms in total. The molecular weight excluding hydrogens is 382 g/mol. The van der Waals surface area contributed by atoms with Crippen LogP contribution < -0.4 is 0 Å². The van der Waals surface area contributed by atoms with Gasteiger partial charge in [0, 0.05) is 10.6 Å². The van der Waals surface area contributed by atoms with E-state index in [0.717, 1.165) is 6.07 Å². The van der Waals surface area contributed by atoms with Crippen molar-refractivity contribution in [2.75, 3.05) is 0 Å². The van der Waals surface area contributed by atoms with Crippen molar-refractivity contribution < 1.29 is 13.2 Å². The largest absolute Gasteiger partial charge is 0.417 e. The third-order valence-corrected chi connectivity index (χ3v) is 4.11. The van der Waals surface area contributed by atoms with E-state index >= 15 is 0 Å². The number of rotatable bonds is 2. The van der Waals surface area contributed by atoms with Crippen LogP contribution in [0.25, 0.3) is 17.1 Å². The van der Waals surface area contributed by atoms with Crippen LogP contribution in [0.3, 0.4) is 0 Å². The number of halogens is 5. The predicted octanol–water partition coefficient (Wildman–Crippen LogP) is 5.92. The number of hydrogen-bond acceptors (Lipinski definition) is 2. The molecule has 0 radical (unpaired) electrons. The first-order chi connectivity index (χ1) is 11.3. The molecule has 0 aliphatic rings. The Hall–Kier alpha value is -1.83. The van der Waals surface area contributed by atoms with Crippen molar-refractivity contribution in [2.24, 2.45) is 0 Å². The van der Waals surface area contributed by atoms with Gasteiger partial charge >= 0.3 is 6.18 Å². The molecule has 24 heavy (non-hydrogen) atoms. The topological polar surface area (TPSA) is 33.6 Å². The Morgan fingerprint density at radius 3 is 2.50 bits per heavy atom. The Bertz CT molecular complexity index is 963. The highest BCUT2D eigenvalue weighted by atomic mass is 35.5. The summed E-state index contributed by atoms with van der Waals surface area (Å²) in [4.78, 5) is 0. The molecule has 0 fully saturated rings. The van der Waals surface area contributed by atoms with Crippen molar-refractivity contribution in [1.82, 2.24) is 14.8 Å². The van der Waals surface area contributed by atoms with E-state index in [0.29, 0.717) is 16.4 Å². The van der Waals surface area contributed by atoms with Gasteiger partial charge in [-0.3, -0.25) is 9.67 Å². The van der Waals surface area contributed by atoms with Crippen LogP contribution in [-0.4, -0.2) is 14.8 Å². The van der Waals surface area contributed by atoms with Gasteiger partial charge in [0.2, 0.25) is 0 Å². The number of hydrogen-bond donors (Lipinski definition) is 1. The van der Waals surface area contributed by atoms with E-state index < -0.39 is 11.7 Å². The van der Waals surface area contributed by atoms with Gasteiger partial charge in [-0.05, 0) is 42.5 Å². The van der Waals surface area contributed by atoms with Crippen LogP contribution in [0.15, 0.2) is 42.5 Å². The molecule has 0 bridgehead atoms. The van der Waals surface area contributed by atoms with Crippen molar-refractivity contribution in [1.29, 1.82) is 0 Å². The van der Waals surface area contributed by atoms with Crippen LogP contribution >= 0.6 is 35.4 Å². The van der Waals surface area contributed by atoms with E-state index in [1.807, 2.05) is 0 Å². The van der Waals surface area contributed by atoms with Crippen LogP contribution in [0.4, 0.5) is 13.2 Å². The molecule has 0 amide bonds. The SMILES string of the molecule is FC(F)(F)c1cc(-n2c(-c3cccc(Cl)c3)n[nH]c2=S)ccc1Cl. The minimum atomic E-state index is -4.57. The summed E-state index contributed by atoms with van der Waals surface area (Å²) in [6.45, 7) is 0. The summed E-state index contributed by atoms with van der Waals surface area (Å²) in [5, 5.41) is 6.76. The van der Waals surface area contributed by atoms with E-state index in [4.69, 9.17) is 35.4 Å². The molecule has 0 aliphatic carbocycles. The van der Waals surface area contributed by atoms with E-state index in [1.54, 1.807) is 24.3 Å². The second-order valence-corrected chi connectivity index (χ2v) is 6.09. The maximum absolute atomic E-state index is 13.1. The molecule has 0 saturated heterocycles. The molecule has 1 N–H and O–H groups in total. The first-order valence-corrected chi connectivity index (χ1v) is 7.74. The van der Waals surface area contributed by atoms with Crippen molar-refractivity contribution in [3.8, 4) is 17.1 Å². The normalized spacial score (nSPS) is 11.7. The Labute approximate surface area is 149 Å². The molecule has 0 unspecified atom stereocenters. The average Bonchev–Trinajstić information content (AvgIpc) is 2.88. The highest BCUT2D eigenvalue weighted by Gasteiger charge is 2.33. The van der Waals surface area contributed by atoms with Crippen LogP contribution in [0.1, 0.15) is 5.56 Å². The lowest BCUT2D eigenvalue weighted by Gasteiger charge is -2.12. The first kappa shape index (κ1) is 17.0. The predicted molar refractivity (Wildman–Crippen MR) is 89.2 cm³/mol. The van der Waals surface area contributed by atoms with E-state index in [-0.39, 0.29) is 15.5 Å². The number of aromatic nitrogens is 3. The van der Waals surface area contributed by atoms with Gasteiger partial charge in [0.15, 0.2) is 10.6 Å². The van der Waals surface area contributed by atoms with Gasteiger partial charge < -0.3 is 0 Å². The number of nitrogens with zero attached hydrogens (tertiary/aromatic N) is 2. The lowest BCUT2D eigenvalue weighted by Crippen LogP contribution is -2.08. The lowest BCUT2D eigenvalue weighted by molar-refractivity contribution is -0.137. The molecule has 0 saturated carbocycles. The third kappa shape index (κ3) is 3.19. The van der Waals surface area contributed by atoms with Crippen molar-refractivity contribution in [2.45, 2.75) is 6.18 Å². The fraction of sp³-hybridized carbons (Fsp3) is 0.0667. The zero-order valence-electron chi connectivity index (χ0n) is 11.7. The monoisotopic (exact) mass is 389 g/mol. The Morgan fingerprint density at radius 2 is 1.83 bits per heavy atom. The summed E-state index contributed by atoms with van der Waals surface area (Å²) in [5.74, 6) is 0.345. The zero-order chi connectivity index (χ0) is 17.5. The molecule has 0 atom stereocenters. The molecule has 9 heteroatoms. The van der Waals surface area contributed by atoms with E-state index in [2.05, 4.69) is 10.2 Å². The molecule has 1 heterocycles. The second-order valence-electron chi connectivity index (χ2n) is 4.86. The first-order valence-electron chi connectivity index (χ1n) is 6.58.